The molecule has 0 bridgehead atoms. The van der Waals surface area contributed by atoms with Crippen molar-refractivity contribution in [2.75, 3.05) is 6.61 Å². The van der Waals surface area contributed by atoms with E-state index in [9.17, 15) is 14.8 Å². The van der Waals surface area contributed by atoms with Crippen LogP contribution in [0.4, 0.5) is 0 Å². The molecule has 106 valence electrons. The van der Waals surface area contributed by atoms with Crippen molar-refractivity contribution in [3.8, 4) is 0 Å². The van der Waals surface area contributed by atoms with Crippen molar-refractivity contribution in [3.63, 3.8) is 0 Å². The Hall–Kier alpha value is -1.92. The summed E-state index contributed by atoms with van der Waals surface area (Å²) in [6, 6.07) is 5.21. The van der Waals surface area contributed by atoms with Gasteiger partial charge < -0.3 is 9.84 Å². The predicted molar refractivity (Wildman–Crippen MR) is 67.2 cm³/mol. The summed E-state index contributed by atoms with van der Waals surface area (Å²) in [7, 11) is 0. The van der Waals surface area contributed by atoms with Crippen molar-refractivity contribution < 1.29 is 24.6 Å². The van der Waals surface area contributed by atoms with Gasteiger partial charge in [0.25, 0.3) is 5.91 Å². The van der Waals surface area contributed by atoms with E-state index in [0.717, 1.165) is 21.8 Å². The number of nitrogens with zero attached hydrogens (tertiary/aromatic N) is 1. The summed E-state index contributed by atoms with van der Waals surface area (Å²) in [5.74, 6) is -1.29. The minimum atomic E-state index is -0.844. The van der Waals surface area contributed by atoms with Crippen LogP contribution in [0.2, 0.25) is 0 Å². The number of carboxylic acid groups (broad SMARTS) is 1. The van der Waals surface area contributed by atoms with Crippen molar-refractivity contribution in [1.82, 2.24) is 5.06 Å². The second-order valence-electron chi connectivity index (χ2n) is 5.16. The van der Waals surface area contributed by atoms with E-state index in [-0.39, 0.29) is 19.1 Å². The summed E-state index contributed by atoms with van der Waals surface area (Å²) in [6.45, 7) is -0.0997. The molecule has 3 rings (SSSR count). The van der Waals surface area contributed by atoms with E-state index >= 15 is 0 Å². The molecule has 1 aliphatic heterocycles. The molecule has 20 heavy (non-hydrogen) atoms. The van der Waals surface area contributed by atoms with Crippen molar-refractivity contribution in [3.05, 3.63) is 34.9 Å². The molecule has 2 aliphatic rings. The van der Waals surface area contributed by atoms with Crippen LogP contribution in [0.3, 0.4) is 0 Å². The van der Waals surface area contributed by atoms with Crippen molar-refractivity contribution in [2.24, 2.45) is 0 Å². The van der Waals surface area contributed by atoms with Crippen LogP contribution in [-0.4, -0.2) is 40.0 Å². The van der Waals surface area contributed by atoms with Gasteiger partial charge in [-0.1, -0.05) is 18.2 Å². The van der Waals surface area contributed by atoms with E-state index in [4.69, 9.17) is 9.84 Å². The lowest BCUT2D eigenvalue weighted by atomic mass is 10.0. The molecule has 1 heterocycles. The molecule has 0 radical (unpaired) electrons. The fraction of sp³-hybridized carbons (Fsp3) is 0.429. The molecule has 0 unspecified atom stereocenters. The second kappa shape index (κ2) is 4.88. The van der Waals surface area contributed by atoms with Gasteiger partial charge >= 0.3 is 5.97 Å². The second-order valence-corrected chi connectivity index (χ2v) is 5.16. The molecule has 2 N–H and O–H groups in total. The highest BCUT2D eigenvalue weighted by molar-refractivity contribution is 5.78. The minimum absolute atomic E-state index is 0.0607. The third kappa shape index (κ3) is 2.17. The predicted octanol–water partition coefficient (Wildman–Crippen LogP) is 0.918. The molecule has 0 saturated carbocycles. The highest BCUT2D eigenvalue weighted by Crippen LogP contribution is 2.39. The fourth-order valence-electron chi connectivity index (χ4n) is 2.88. The quantitative estimate of drug-likeness (QED) is 0.802. The first kappa shape index (κ1) is 13.1. The van der Waals surface area contributed by atoms with Crippen LogP contribution in [0.5, 0.6) is 0 Å². The zero-order valence-electron chi connectivity index (χ0n) is 10.8. The first-order chi connectivity index (χ1) is 9.56. The number of benzene rings is 1. The zero-order valence-corrected chi connectivity index (χ0v) is 10.8. The van der Waals surface area contributed by atoms with Crippen LogP contribution in [0, 0.1) is 0 Å². The lowest BCUT2D eigenvalue weighted by molar-refractivity contribution is -0.212. The van der Waals surface area contributed by atoms with Gasteiger partial charge in [-0.3, -0.25) is 14.8 Å². The van der Waals surface area contributed by atoms with E-state index in [2.05, 4.69) is 0 Å². The molecule has 6 heteroatoms. The number of hydrogen-bond donors (Lipinski definition) is 2. The Morgan fingerprint density at radius 1 is 1.45 bits per heavy atom. The number of aliphatic carboxylic acids is 1. The molecule has 1 aliphatic carbocycles. The SMILES string of the molecule is O=C(O)CCc1ccc2c(c1)[C@H]1[C@@H](C2)OCC(=O)N1O. The molecular weight excluding hydrogens is 262 g/mol. The van der Waals surface area contributed by atoms with Crippen molar-refractivity contribution in [1.29, 1.82) is 0 Å². The summed E-state index contributed by atoms with van der Waals surface area (Å²) < 4.78 is 5.46. The Morgan fingerprint density at radius 2 is 2.25 bits per heavy atom. The van der Waals surface area contributed by atoms with Gasteiger partial charge in [-0.25, -0.2) is 5.06 Å². The monoisotopic (exact) mass is 277 g/mol. The number of carbonyl (C=O) groups is 2. The summed E-state index contributed by atoms with van der Waals surface area (Å²) in [5, 5.41) is 19.4. The number of rotatable bonds is 3. The number of amides is 1. The molecule has 0 aromatic heterocycles. The smallest absolute Gasteiger partial charge is 0.303 e. The maximum Gasteiger partial charge on any atom is 0.303 e. The molecule has 1 amide bonds. The van der Waals surface area contributed by atoms with E-state index < -0.39 is 17.9 Å². The number of aryl methyl sites for hydroxylation is 1. The van der Waals surface area contributed by atoms with E-state index in [1.807, 2.05) is 18.2 Å². The molecule has 1 aromatic rings. The third-order valence-electron chi connectivity index (χ3n) is 3.87. The Labute approximate surface area is 115 Å². The highest BCUT2D eigenvalue weighted by Gasteiger charge is 2.43. The van der Waals surface area contributed by atoms with Crippen LogP contribution in [0.1, 0.15) is 29.2 Å². The topological polar surface area (TPSA) is 87.1 Å². The fourth-order valence-corrected chi connectivity index (χ4v) is 2.88. The number of carboxylic acids is 1. The van der Waals surface area contributed by atoms with Gasteiger partial charge in [-0.05, 0) is 23.1 Å². The van der Waals surface area contributed by atoms with Gasteiger partial charge in [-0.15, -0.1) is 0 Å². The molecule has 1 aromatic carbocycles. The molecule has 1 saturated heterocycles. The third-order valence-corrected chi connectivity index (χ3v) is 3.87. The van der Waals surface area contributed by atoms with Crippen LogP contribution in [-0.2, 0) is 27.2 Å². The number of morpholine rings is 1. The maximum atomic E-state index is 11.5. The van der Waals surface area contributed by atoms with E-state index in [0.29, 0.717) is 12.8 Å². The van der Waals surface area contributed by atoms with Gasteiger partial charge in [0.15, 0.2) is 0 Å². The summed E-state index contributed by atoms with van der Waals surface area (Å²) in [4.78, 5) is 22.1. The minimum Gasteiger partial charge on any atom is -0.481 e. The number of ether oxygens (including phenoxy) is 1. The summed E-state index contributed by atoms with van der Waals surface area (Å²) in [5.41, 5.74) is 2.78. The zero-order chi connectivity index (χ0) is 14.3. The first-order valence-electron chi connectivity index (χ1n) is 6.52. The molecule has 2 atom stereocenters. The molecule has 6 nitrogen and oxygen atoms in total. The number of carbonyl (C=O) groups excluding carboxylic acids is 1. The van der Waals surface area contributed by atoms with Gasteiger partial charge in [0.05, 0.1) is 6.10 Å². The average molecular weight is 277 g/mol. The lowest BCUT2D eigenvalue weighted by Crippen LogP contribution is -2.45. The molecule has 0 spiro atoms. The molecular formula is C14H15NO5. The number of hydrogen-bond acceptors (Lipinski definition) is 4. The van der Waals surface area contributed by atoms with Gasteiger partial charge in [-0.2, -0.15) is 0 Å². The van der Waals surface area contributed by atoms with Crippen molar-refractivity contribution in [2.45, 2.75) is 31.4 Å². The summed E-state index contributed by atoms with van der Waals surface area (Å²) >= 11 is 0. The highest BCUT2D eigenvalue weighted by atomic mass is 16.6. The van der Waals surface area contributed by atoms with Crippen LogP contribution in [0.15, 0.2) is 18.2 Å². The normalized spacial score (nSPS) is 24.4. The van der Waals surface area contributed by atoms with E-state index in [1.165, 1.54) is 0 Å². The Balaban J connectivity index is 1.88. The summed E-state index contributed by atoms with van der Waals surface area (Å²) in [6.07, 6.45) is 0.928. The number of hydroxylamine groups is 2. The Morgan fingerprint density at radius 3 is 3.00 bits per heavy atom. The maximum absolute atomic E-state index is 11.5. The number of fused-ring (bicyclic) bond motifs is 3. The van der Waals surface area contributed by atoms with E-state index in [1.54, 1.807) is 0 Å². The standard InChI is InChI=1S/C14H15NO5/c16-12-7-20-11-6-9-3-1-8(2-4-13(17)18)5-10(9)14(11)15(12)19/h1,3,5,11,14,19H,2,4,6-7H2,(H,17,18)/t11-,14+/m1/s1. The van der Waals surface area contributed by atoms with Crippen molar-refractivity contribution >= 4 is 11.9 Å². The van der Waals surface area contributed by atoms with Gasteiger partial charge in [0.2, 0.25) is 0 Å². The van der Waals surface area contributed by atoms with Gasteiger partial charge in [0, 0.05) is 12.8 Å². The van der Waals surface area contributed by atoms with Crippen LogP contribution in [0.25, 0.3) is 0 Å². The van der Waals surface area contributed by atoms with Crippen LogP contribution < -0.4 is 0 Å². The Bertz CT molecular complexity index is 571. The molecule has 1 fully saturated rings. The Kier molecular flexibility index (Phi) is 3.19. The average Bonchev–Trinajstić information content (AvgIpc) is 2.79. The first-order valence-corrected chi connectivity index (χ1v) is 6.52. The van der Waals surface area contributed by atoms with Gasteiger partial charge in [0.1, 0.15) is 12.6 Å². The largest absolute Gasteiger partial charge is 0.481 e. The lowest BCUT2D eigenvalue weighted by Gasteiger charge is -2.33. The van der Waals surface area contributed by atoms with Crippen LogP contribution >= 0.6 is 0 Å².